The summed E-state index contributed by atoms with van der Waals surface area (Å²) in [6.07, 6.45) is 0. The molecule has 2 rings (SSSR count). The van der Waals surface area contributed by atoms with Crippen LogP contribution < -0.4 is 15.6 Å². The van der Waals surface area contributed by atoms with Crippen molar-refractivity contribution in [3.63, 3.8) is 0 Å². The second-order valence-electron chi connectivity index (χ2n) is 4.66. The van der Waals surface area contributed by atoms with Crippen molar-refractivity contribution in [2.75, 3.05) is 25.7 Å². The highest BCUT2D eigenvalue weighted by atomic mass is 35.5. The summed E-state index contributed by atoms with van der Waals surface area (Å²) in [7, 11) is 1.57. The molecule has 8 heteroatoms. The monoisotopic (exact) mass is 388 g/mol. The second-order valence-corrected chi connectivity index (χ2v) is 5.91. The van der Waals surface area contributed by atoms with Gasteiger partial charge < -0.3 is 9.47 Å². The highest BCUT2D eigenvalue weighted by Gasteiger charge is 2.14. The van der Waals surface area contributed by atoms with Crippen LogP contribution in [0, 0.1) is 0 Å². The van der Waals surface area contributed by atoms with E-state index in [1.165, 1.54) is 12.1 Å². The smallest absolute Gasteiger partial charge is 0.273 e. The van der Waals surface area contributed by atoms with Crippen molar-refractivity contribution in [2.45, 2.75) is 0 Å². The predicted octanol–water partition coefficient (Wildman–Crippen LogP) is 4.43. The molecule has 0 saturated carbocycles. The van der Waals surface area contributed by atoms with E-state index in [-0.39, 0.29) is 10.0 Å². The minimum Gasteiger partial charge on any atom is -0.490 e. The fourth-order valence-corrected chi connectivity index (χ4v) is 2.77. The first-order chi connectivity index (χ1) is 11.5. The van der Waals surface area contributed by atoms with Crippen LogP contribution in [0.15, 0.2) is 36.4 Å². The zero-order chi connectivity index (χ0) is 17.5. The van der Waals surface area contributed by atoms with Crippen LogP contribution in [-0.2, 0) is 4.74 Å². The van der Waals surface area contributed by atoms with Gasteiger partial charge in [-0.1, -0.05) is 46.9 Å². The molecular formula is C16H15Cl3N2O3. The molecule has 0 aromatic heterocycles. The number of benzene rings is 2. The molecule has 0 spiro atoms. The maximum absolute atomic E-state index is 12.4. The van der Waals surface area contributed by atoms with Gasteiger partial charge in [0.2, 0.25) is 0 Å². The highest BCUT2D eigenvalue weighted by molar-refractivity contribution is 6.41. The van der Waals surface area contributed by atoms with Gasteiger partial charge in [-0.2, -0.15) is 0 Å². The van der Waals surface area contributed by atoms with E-state index in [0.717, 1.165) is 0 Å². The SMILES string of the molecule is COCCOc1ccccc1C(=O)NNc1c(Cl)cc(Cl)cc1Cl. The Bertz CT molecular complexity index is 702. The summed E-state index contributed by atoms with van der Waals surface area (Å²) in [5.74, 6) is 0.0484. The van der Waals surface area contributed by atoms with Crippen LogP contribution in [0.2, 0.25) is 15.1 Å². The standard InChI is InChI=1S/C16H15Cl3N2O3/c1-23-6-7-24-14-5-3-2-4-11(14)16(22)21-20-15-12(18)8-10(17)9-13(15)19/h2-5,8-9,20H,6-7H2,1H3,(H,21,22). The molecule has 0 saturated heterocycles. The molecular weight excluding hydrogens is 375 g/mol. The van der Waals surface area contributed by atoms with Gasteiger partial charge in [0.15, 0.2) is 0 Å². The minimum atomic E-state index is -0.398. The van der Waals surface area contributed by atoms with Gasteiger partial charge in [0.1, 0.15) is 12.4 Å². The summed E-state index contributed by atoms with van der Waals surface area (Å²) >= 11 is 18.0. The molecule has 0 aliphatic heterocycles. The summed E-state index contributed by atoms with van der Waals surface area (Å²) in [5.41, 5.74) is 5.95. The van der Waals surface area contributed by atoms with Gasteiger partial charge in [-0.25, -0.2) is 0 Å². The third kappa shape index (κ3) is 4.92. The van der Waals surface area contributed by atoms with Gasteiger partial charge in [0, 0.05) is 12.1 Å². The Kier molecular flexibility index (Phi) is 6.99. The van der Waals surface area contributed by atoms with E-state index in [2.05, 4.69) is 10.9 Å². The fourth-order valence-electron chi connectivity index (χ4n) is 1.86. The van der Waals surface area contributed by atoms with Crippen molar-refractivity contribution in [3.8, 4) is 5.75 Å². The largest absolute Gasteiger partial charge is 0.490 e. The van der Waals surface area contributed by atoms with E-state index < -0.39 is 5.91 Å². The van der Waals surface area contributed by atoms with Crippen LogP contribution in [0.4, 0.5) is 5.69 Å². The average molecular weight is 390 g/mol. The number of anilines is 1. The number of methoxy groups -OCH3 is 1. The normalized spacial score (nSPS) is 10.3. The summed E-state index contributed by atoms with van der Waals surface area (Å²) in [4.78, 5) is 12.4. The number of hydrogen-bond donors (Lipinski definition) is 2. The summed E-state index contributed by atoms with van der Waals surface area (Å²) in [6.45, 7) is 0.757. The first-order valence-electron chi connectivity index (χ1n) is 6.94. The lowest BCUT2D eigenvalue weighted by molar-refractivity contribution is 0.0955. The van der Waals surface area contributed by atoms with E-state index in [4.69, 9.17) is 44.3 Å². The number of ether oxygens (including phenoxy) is 2. The molecule has 0 heterocycles. The average Bonchev–Trinajstić information content (AvgIpc) is 2.54. The lowest BCUT2D eigenvalue weighted by Gasteiger charge is -2.14. The van der Waals surface area contributed by atoms with Crippen molar-refractivity contribution in [1.82, 2.24) is 5.43 Å². The third-order valence-corrected chi connectivity index (χ3v) is 3.80. The molecule has 0 aliphatic carbocycles. The van der Waals surface area contributed by atoms with E-state index in [1.54, 1.807) is 31.4 Å². The molecule has 0 fully saturated rings. The first-order valence-corrected chi connectivity index (χ1v) is 8.08. The number of hydrogen-bond acceptors (Lipinski definition) is 4. The van der Waals surface area contributed by atoms with Gasteiger partial charge in [0.25, 0.3) is 5.91 Å². The van der Waals surface area contributed by atoms with E-state index in [0.29, 0.717) is 35.2 Å². The Hall–Kier alpha value is -1.66. The Balaban J connectivity index is 2.08. The number of nitrogens with one attached hydrogen (secondary N) is 2. The summed E-state index contributed by atoms with van der Waals surface area (Å²) in [5, 5.41) is 0.980. The summed E-state index contributed by atoms with van der Waals surface area (Å²) < 4.78 is 10.5. The number of carbonyl (C=O) groups is 1. The molecule has 1 amide bonds. The van der Waals surface area contributed by atoms with Crippen molar-refractivity contribution in [1.29, 1.82) is 0 Å². The fraction of sp³-hybridized carbons (Fsp3) is 0.188. The number of halogens is 3. The quantitative estimate of drug-likeness (QED) is 0.543. The van der Waals surface area contributed by atoms with Gasteiger partial charge in [-0.05, 0) is 24.3 Å². The Labute approximate surface area is 154 Å². The maximum Gasteiger partial charge on any atom is 0.273 e. The van der Waals surface area contributed by atoms with Gasteiger partial charge >= 0.3 is 0 Å². The van der Waals surface area contributed by atoms with Crippen LogP contribution >= 0.6 is 34.8 Å². The maximum atomic E-state index is 12.4. The second kappa shape index (κ2) is 8.99. The minimum absolute atomic E-state index is 0.289. The number of rotatable bonds is 7. The van der Waals surface area contributed by atoms with E-state index in [9.17, 15) is 4.79 Å². The molecule has 0 unspecified atom stereocenters. The van der Waals surface area contributed by atoms with Gasteiger partial charge in [-0.15, -0.1) is 0 Å². The highest BCUT2D eigenvalue weighted by Crippen LogP contribution is 2.33. The van der Waals surface area contributed by atoms with Crippen LogP contribution in [0.5, 0.6) is 5.75 Å². The number of carbonyl (C=O) groups excluding carboxylic acids is 1. The molecule has 0 aliphatic rings. The molecule has 24 heavy (non-hydrogen) atoms. The predicted molar refractivity (Wildman–Crippen MR) is 96.4 cm³/mol. The Morgan fingerprint density at radius 2 is 1.75 bits per heavy atom. The molecule has 0 bridgehead atoms. The van der Waals surface area contributed by atoms with Gasteiger partial charge in [0.05, 0.1) is 27.9 Å². The van der Waals surface area contributed by atoms with E-state index in [1.807, 2.05) is 0 Å². The Morgan fingerprint density at radius 1 is 1.08 bits per heavy atom. The third-order valence-electron chi connectivity index (χ3n) is 2.98. The topological polar surface area (TPSA) is 59.6 Å². The van der Waals surface area contributed by atoms with Crippen LogP contribution in [0.3, 0.4) is 0 Å². The van der Waals surface area contributed by atoms with E-state index >= 15 is 0 Å². The van der Waals surface area contributed by atoms with Crippen molar-refractivity contribution in [3.05, 3.63) is 57.0 Å². The zero-order valence-electron chi connectivity index (χ0n) is 12.7. The number of hydrazine groups is 1. The van der Waals surface area contributed by atoms with Crippen LogP contribution in [-0.4, -0.2) is 26.2 Å². The number of para-hydroxylation sites is 1. The van der Waals surface area contributed by atoms with Crippen molar-refractivity contribution in [2.24, 2.45) is 0 Å². The lowest BCUT2D eigenvalue weighted by Crippen LogP contribution is -2.30. The molecule has 2 aromatic rings. The molecule has 5 nitrogen and oxygen atoms in total. The van der Waals surface area contributed by atoms with Crippen molar-refractivity contribution < 1.29 is 14.3 Å². The zero-order valence-corrected chi connectivity index (χ0v) is 15.0. The molecule has 0 atom stereocenters. The number of amides is 1. The Morgan fingerprint density at radius 3 is 2.42 bits per heavy atom. The van der Waals surface area contributed by atoms with Crippen molar-refractivity contribution >= 4 is 46.4 Å². The first kappa shape index (κ1) is 18.7. The molecule has 128 valence electrons. The lowest BCUT2D eigenvalue weighted by atomic mass is 10.2. The molecule has 0 radical (unpaired) electrons. The molecule has 2 N–H and O–H groups in total. The summed E-state index contributed by atoms with van der Waals surface area (Å²) in [6, 6.07) is 9.90. The van der Waals surface area contributed by atoms with Gasteiger partial charge in [-0.3, -0.25) is 15.6 Å². The molecule has 2 aromatic carbocycles. The van der Waals surface area contributed by atoms with Crippen LogP contribution in [0.25, 0.3) is 0 Å². The van der Waals surface area contributed by atoms with Crippen LogP contribution in [0.1, 0.15) is 10.4 Å².